The molecule has 4 aromatic rings. The van der Waals surface area contributed by atoms with Crippen molar-refractivity contribution in [3.63, 3.8) is 0 Å². The number of para-hydroxylation sites is 1. The van der Waals surface area contributed by atoms with E-state index >= 15 is 0 Å². The Balaban J connectivity index is 1.79. The Kier molecular flexibility index (Phi) is 5.75. The minimum absolute atomic E-state index is 0.346. The molecule has 150 valence electrons. The van der Waals surface area contributed by atoms with Gasteiger partial charge < -0.3 is 9.72 Å². The highest BCUT2D eigenvalue weighted by Gasteiger charge is 2.22. The summed E-state index contributed by atoms with van der Waals surface area (Å²) in [6.45, 7) is 2.07. The molecule has 4 nitrogen and oxygen atoms in total. The number of esters is 1. The lowest BCUT2D eigenvalue weighted by molar-refractivity contribution is -0.142. The summed E-state index contributed by atoms with van der Waals surface area (Å²) in [5.74, 6) is -0.346. The van der Waals surface area contributed by atoms with Crippen molar-refractivity contribution in [1.29, 1.82) is 0 Å². The number of aliphatic imine (C=N–C) groups is 1. The number of hydrogen-bond acceptors (Lipinski definition) is 3. The van der Waals surface area contributed by atoms with Crippen LogP contribution >= 0.6 is 0 Å². The first-order chi connectivity index (χ1) is 14.7. The summed E-state index contributed by atoms with van der Waals surface area (Å²) in [6, 6.07) is 25.4. The third-order valence-electron chi connectivity index (χ3n) is 5.28. The van der Waals surface area contributed by atoms with Gasteiger partial charge in [-0.2, -0.15) is 0 Å². The molecule has 1 heterocycles. The van der Waals surface area contributed by atoms with Gasteiger partial charge in [-0.1, -0.05) is 78.9 Å². The Morgan fingerprint density at radius 1 is 0.933 bits per heavy atom. The molecule has 0 radical (unpaired) electrons. The lowest BCUT2D eigenvalue weighted by atomic mass is 10.00. The number of methoxy groups -OCH3 is 1. The highest BCUT2D eigenvalue weighted by molar-refractivity contribution is 6.13. The maximum Gasteiger partial charge on any atom is 0.330 e. The monoisotopic (exact) mass is 396 g/mol. The number of aromatic nitrogens is 1. The number of H-pyrrole nitrogens is 1. The summed E-state index contributed by atoms with van der Waals surface area (Å²) in [5, 5.41) is 1.11. The van der Waals surface area contributed by atoms with Crippen molar-refractivity contribution in [2.24, 2.45) is 4.99 Å². The number of carbonyl (C=O) groups excluding carboxylic acids is 1. The third-order valence-corrected chi connectivity index (χ3v) is 5.28. The minimum Gasteiger partial charge on any atom is -0.467 e. The van der Waals surface area contributed by atoms with E-state index in [0.29, 0.717) is 6.42 Å². The largest absolute Gasteiger partial charge is 0.467 e. The normalized spacial score (nSPS) is 11.8. The van der Waals surface area contributed by atoms with E-state index in [9.17, 15) is 4.79 Å². The predicted octanol–water partition coefficient (Wildman–Crippen LogP) is 5.10. The van der Waals surface area contributed by atoms with Gasteiger partial charge >= 0.3 is 5.97 Å². The maximum absolute atomic E-state index is 12.7. The average molecular weight is 396 g/mol. The van der Waals surface area contributed by atoms with Crippen LogP contribution in [0.5, 0.6) is 0 Å². The first-order valence-electron chi connectivity index (χ1n) is 9.99. The molecule has 1 atom stereocenters. The van der Waals surface area contributed by atoms with Gasteiger partial charge in [0, 0.05) is 34.6 Å². The first-order valence-corrected chi connectivity index (χ1v) is 9.99. The minimum atomic E-state index is -0.648. The van der Waals surface area contributed by atoms with Crippen LogP contribution in [0, 0.1) is 6.92 Å². The predicted molar refractivity (Wildman–Crippen MR) is 121 cm³/mol. The molecule has 0 fully saturated rings. The Bertz CT molecular complexity index is 1140. The van der Waals surface area contributed by atoms with Crippen molar-refractivity contribution in [3.05, 3.63) is 107 Å². The Morgan fingerprint density at radius 3 is 2.17 bits per heavy atom. The van der Waals surface area contributed by atoms with E-state index in [0.717, 1.165) is 33.3 Å². The van der Waals surface area contributed by atoms with E-state index in [2.05, 4.69) is 24.0 Å². The van der Waals surface area contributed by atoms with Crippen LogP contribution in [0.1, 0.15) is 22.3 Å². The van der Waals surface area contributed by atoms with E-state index in [1.807, 2.05) is 72.9 Å². The fourth-order valence-electron chi connectivity index (χ4n) is 3.72. The zero-order chi connectivity index (χ0) is 20.9. The topological polar surface area (TPSA) is 54.5 Å². The van der Waals surface area contributed by atoms with Crippen LogP contribution in [0.25, 0.3) is 10.9 Å². The van der Waals surface area contributed by atoms with Crippen LogP contribution in [0.3, 0.4) is 0 Å². The quantitative estimate of drug-likeness (QED) is 0.364. The average Bonchev–Trinajstić information content (AvgIpc) is 3.21. The van der Waals surface area contributed by atoms with Crippen LogP contribution in [-0.2, 0) is 16.0 Å². The summed E-state index contributed by atoms with van der Waals surface area (Å²) < 4.78 is 5.11. The van der Waals surface area contributed by atoms with Crippen LogP contribution in [0.15, 0.2) is 90.1 Å². The van der Waals surface area contributed by atoms with E-state index in [1.165, 1.54) is 12.7 Å². The molecule has 0 aliphatic rings. The molecule has 0 aliphatic heterocycles. The van der Waals surface area contributed by atoms with Gasteiger partial charge in [0.25, 0.3) is 0 Å². The standard InChI is InChI=1S/C26H24N2O2/c1-18-10-9-15-22-21(17-27-24(18)22)16-23(26(29)30-2)28-25(19-11-5-3-6-12-19)20-13-7-4-8-14-20/h3-15,17,23,27H,16H2,1-2H3. The number of nitrogens with one attached hydrogen (secondary N) is 1. The zero-order valence-corrected chi connectivity index (χ0v) is 17.1. The number of carbonyl (C=O) groups is 1. The number of fused-ring (bicyclic) bond motifs is 1. The summed E-state index contributed by atoms with van der Waals surface area (Å²) in [7, 11) is 1.41. The number of hydrogen-bond donors (Lipinski definition) is 1. The molecule has 0 saturated heterocycles. The van der Waals surface area contributed by atoms with E-state index in [4.69, 9.17) is 9.73 Å². The molecule has 0 amide bonds. The van der Waals surface area contributed by atoms with E-state index < -0.39 is 6.04 Å². The molecular weight excluding hydrogens is 372 g/mol. The summed E-state index contributed by atoms with van der Waals surface area (Å²) in [4.78, 5) is 21.0. The smallest absolute Gasteiger partial charge is 0.330 e. The van der Waals surface area contributed by atoms with Gasteiger partial charge in [-0.3, -0.25) is 4.99 Å². The second-order valence-electron chi connectivity index (χ2n) is 7.26. The number of benzene rings is 3. The molecular formula is C26H24N2O2. The van der Waals surface area contributed by atoms with E-state index in [-0.39, 0.29) is 5.97 Å². The molecule has 1 N–H and O–H groups in total. The molecule has 30 heavy (non-hydrogen) atoms. The maximum atomic E-state index is 12.7. The summed E-state index contributed by atoms with van der Waals surface area (Å²) in [6.07, 6.45) is 2.42. The Labute approximate surface area is 176 Å². The van der Waals surface area contributed by atoms with Crippen molar-refractivity contribution in [1.82, 2.24) is 4.98 Å². The third kappa shape index (κ3) is 4.03. The van der Waals surface area contributed by atoms with Crippen LogP contribution in [0.2, 0.25) is 0 Å². The number of rotatable bonds is 6. The van der Waals surface area contributed by atoms with Crippen LogP contribution in [0.4, 0.5) is 0 Å². The fourth-order valence-corrected chi connectivity index (χ4v) is 3.72. The fraction of sp³-hybridized carbons (Fsp3) is 0.154. The molecule has 0 spiro atoms. The SMILES string of the molecule is COC(=O)C(Cc1c[nH]c2c(C)cccc12)N=C(c1ccccc1)c1ccccc1. The van der Waals surface area contributed by atoms with Gasteiger partial charge in [-0.25, -0.2) is 4.79 Å². The van der Waals surface area contributed by atoms with E-state index in [1.54, 1.807) is 0 Å². The van der Waals surface area contributed by atoms with Crippen molar-refractivity contribution in [2.75, 3.05) is 7.11 Å². The van der Waals surface area contributed by atoms with Gasteiger partial charge in [0.05, 0.1) is 12.8 Å². The second-order valence-corrected chi connectivity index (χ2v) is 7.26. The molecule has 0 aliphatic carbocycles. The molecule has 4 heteroatoms. The van der Waals surface area contributed by atoms with Gasteiger partial charge in [-0.05, 0) is 18.1 Å². The Morgan fingerprint density at radius 2 is 1.57 bits per heavy atom. The molecule has 1 aromatic heterocycles. The second kappa shape index (κ2) is 8.78. The lowest BCUT2D eigenvalue weighted by Gasteiger charge is -2.14. The summed E-state index contributed by atoms with van der Waals surface area (Å²) in [5.41, 5.74) is 6.02. The van der Waals surface area contributed by atoms with Crippen molar-refractivity contribution < 1.29 is 9.53 Å². The molecule has 0 saturated carbocycles. The van der Waals surface area contributed by atoms with Gasteiger partial charge in [0.2, 0.25) is 0 Å². The van der Waals surface area contributed by atoms with Crippen molar-refractivity contribution in [3.8, 4) is 0 Å². The molecule has 4 rings (SSSR count). The number of ether oxygens (including phenoxy) is 1. The number of nitrogens with zero attached hydrogens (tertiary/aromatic N) is 1. The van der Waals surface area contributed by atoms with Crippen molar-refractivity contribution in [2.45, 2.75) is 19.4 Å². The molecule has 1 unspecified atom stereocenters. The highest BCUT2D eigenvalue weighted by Crippen LogP contribution is 2.24. The number of aryl methyl sites for hydroxylation is 1. The Hall–Kier alpha value is -3.66. The summed E-state index contributed by atoms with van der Waals surface area (Å²) >= 11 is 0. The van der Waals surface area contributed by atoms with Crippen LogP contribution < -0.4 is 0 Å². The van der Waals surface area contributed by atoms with Gasteiger partial charge in [-0.15, -0.1) is 0 Å². The first kappa shape index (κ1) is 19.6. The molecule has 3 aromatic carbocycles. The highest BCUT2D eigenvalue weighted by atomic mass is 16.5. The van der Waals surface area contributed by atoms with Gasteiger partial charge in [0.15, 0.2) is 6.04 Å². The van der Waals surface area contributed by atoms with Crippen LogP contribution in [-0.4, -0.2) is 29.8 Å². The van der Waals surface area contributed by atoms with Crippen molar-refractivity contribution >= 4 is 22.6 Å². The number of aromatic amines is 1. The lowest BCUT2D eigenvalue weighted by Crippen LogP contribution is -2.25. The van der Waals surface area contributed by atoms with Gasteiger partial charge in [0.1, 0.15) is 0 Å². The molecule has 0 bridgehead atoms. The zero-order valence-electron chi connectivity index (χ0n) is 17.1.